The molecule has 1 aromatic rings. The molecule has 0 aliphatic carbocycles. The zero-order chi connectivity index (χ0) is 8.10. The maximum absolute atomic E-state index is 5.44. The number of aromatic amines is 1. The molecule has 0 bridgehead atoms. The fourth-order valence-corrected chi connectivity index (χ4v) is 1.05. The van der Waals surface area contributed by atoms with Crippen LogP contribution in [0.15, 0.2) is 6.20 Å². The summed E-state index contributed by atoms with van der Waals surface area (Å²) >= 11 is 0. The van der Waals surface area contributed by atoms with Crippen LogP contribution in [-0.4, -0.2) is 9.97 Å². The van der Waals surface area contributed by atoms with Gasteiger partial charge in [0, 0.05) is 12.6 Å². The van der Waals surface area contributed by atoms with Crippen molar-refractivity contribution in [2.75, 3.05) is 5.73 Å². The highest BCUT2D eigenvalue weighted by molar-refractivity contribution is 5.24. The molecule has 0 aliphatic rings. The highest BCUT2D eigenvalue weighted by Crippen LogP contribution is 2.03. The lowest BCUT2D eigenvalue weighted by Crippen LogP contribution is -1.89. The Labute approximate surface area is 67.0 Å². The van der Waals surface area contributed by atoms with Crippen LogP contribution >= 0.6 is 0 Å². The van der Waals surface area contributed by atoms with E-state index in [9.17, 15) is 0 Å². The van der Waals surface area contributed by atoms with Crippen LogP contribution in [0.4, 0.5) is 5.82 Å². The SMILES string of the molecule is CCCCCc1nc(N)c[nH]1. The number of rotatable bonds is 4. The van der Waals surface area contributed by atoms with Crippen LogP contribution in [0.25, 0.3) is 0 Å². The topological polar surface area (TPSA) is 54.7 Å². The van der Waals surface area contributed by atoms with Gasteiger partial charge in [-0.2, -0.15) is 0 Å². The van der Waals surface area contributed by atoms with Gasteiger partial charge in [0.05, 0.1) is 0 Å². The standard InChI is InChI=1S/C8H15N3/c1-2-3-4-5-8-10-6-7(9)11-8/h6H,2-5,9H2,1H3,(H,10,11). The van der Waals surface area contributed by atoms with Gasteiger partial charge in [0.1, 0.15) is 11.6 Å². The van der Waals surface area contributed by atoms with Crippen molar-refractivity contribution in [2.45, 2.75) is 32.6 Å². The number of unbranched alkanes of at least 4 members (excludes halogenated alkanes) is 2. The minimum atomic E-state index is 0.594. The summed E-state index contributed by atoms with van der Waals surface area (Å²) in [5.41, 5.74) is 5.44. The fraction of sp³-hybridized carbons (Fsp3) is 0.625. The van der Waals surface area contributed by atoms with Gasteiger partial charge in [-0.05, 0) is 6.42 Å². The zero-order valence-corrected chi connectivity index (χ0v) is 6.93. The van der Waals surface area contributed by atoms with Crippen molar-refractivity contribution >= 4 is 5.82 Å². The minimum Gasteiger partial charge on any atom is -0.382 e. The zero-order valence-electron chi connectivity index (χ0n) is 6.93. The van der Waals surface area contributed by atoms with E-state index in [1.54, 1.807) is 6.20 Å². The van der Waals surface area contributed by atoms with E-state index in [1.165, 1.54) is 19.3 Å². The van der Waals surface area contributed by atoms with Gasteiger partial charge in [0.2, 0.25) is 0 Å². The lowest BCUT2D eigenvalue weighted by Gasteiger charge is -1.93. The second-order valence-corrected chi connectivity index (χ2v) is 2.73. The predicted molar refractivity (Wildman–Crippen MR) is 46.2 cm³/mol. The van der Waals surface area contributed by atoms with E-state index in [0.29, 0.717) is 5.82 Å². The van der Waals surface area contributed by atoms with Crippen molar-refractivity contribution in [3.63, 3.8) is 0 Å². The largest absolute Gasteiger partial charge is 0.382 e. The third-order valence-corrected chi connectivity index (χ3v) is 1.67. The highest BCUT2D eigenvalue weighted by Gasteiger charge is 1.96. The molecule has 0 fully saturated rings. The molecule has 0 aliphatic heterocycles. The van der Waals surface area contributed by atoms with Crippen molar-refractivity contribution in [1.82, 2.24) is 9.97 Å². The number of anilines is 1. The van der Waals surface area contributed by atoms with Gasteiger partial charge >= 0.3 is 0 Å². The Morgan fingerprint density at radius 3 is 2.91 bits per heavy atom. The molecule has 0 radical (unpaired) electrons. The first kappa shape index (κ1) is 8.11. The molecule has 0 saturated carbocycles. The maximum Gasteiger partial charge on any atom is 0.141 e. The van der Waals surface area contributed by atoms with Gasteiger partial charge in [-0.25, -0.2) is 4.98 Å². The average molecular weight is 153 g/mol. The summed E-state index contributed by atoms with van der Waals surface area (Å²) in [6, 6.07) is 0. The minimum absolute atomic E-state index is 0.594. The maximum atomic E-state index is 5.44. The number of hydrogen-bond acceptors (Lipinski definition) is 2. The molecule has 0 amide bonds. The smallest absolute Gasteiger partial charge is 0.141 e. The van der Waals surface area contributed by atoms with E-state index < -0.39 is 0 Å². The van der Waals surface area contributed by atoms with Crippen LogP contribution in [0.5, 0.6) is 0 Å². The van der Waals surface area contributed by atoms with Crippen molar-refractivity contribution in [3.8, 4) is 0 Å². The van der Waals surface area contributed by atoms with Gasteiger partial charge in [0.15, 0.2) is 0 Å². The Morgan fingerprint density at radius 2 is 2.36 bits per heavy atom. The Bertz CT molecular complexity index is 205. The number of imidazole rings is 1. The van der Waals surface area contributed by atoms with Gasteiger partial charge in [-0.3, -0.25) is 0 Å². The van der Waals surface area contributed by atoms with E-state index in [1.807, 2.05) is 0 Å². The molecular formula is C8H15N3. The first-order valence-electron chi connectivity index (χ1n) is 4.12. The van der Waals surface area contributed by atoms with Crippen LogP contribution in [0.3, 0.4) is 0 Å². The molecule has 1 aromatic heterocycles. The van der Waals surface area contributed by atoms with Crippen LogP contribution in [-0.2, 0) is 6.42 Å². The fourth-order valence-electron chi connectivity index (χ4n) is 1.05. The quantitative estimate of drug-likeness (QED) is 0.647. The first-order valence-corrected chi connectivity index (χ1v) is 4.12. The summed E-state index contributed by atoms with van der Waals surface area (Å²) in [5, 5.41) is 0. The predicted octanol–water partition coefficient (Wildman–Crippen LogP) is 1.72. The molecule has 62 valence electrons. The third-order valence-electron chi connectivity index (χ3n) is 1.67. The van der Waals surface area contributed by atoms with Gasteiger partial charge in [-0.1, -0.05) is 19.8 Å². The summed E-state index contributed by atoms with van der Waals surface area (Å²) in [6.45, 7) is 2.19. The number of H-pyrrole nitrogens is 1. The average Bonchev–Trinajstić information content (AvgIpc) is 2.37. The van der Waals surface area contributed by atoms with Crippen molar-refractivity contribution in [1.29, 1.82) is 0 Å². The summed E-state index contributed by atoms with van der Waals surface area (Å²) in [7, 11) is 0. The van der Waals surface area contributed by atoms with Crippen LogP contribution in [0.2, 0.25) is 0 Å². The van der Waals surface area contributed by atoms with Gasteiger partial charge in [-0.15, -0.1) is 0 Å². The number of aryl methyl sites for hydroxylation is 1. The van der Waals surface area contributed by atoms with Crippen LogP contribution in [0, 0.1) is 0 Å². The monoisotopic (exact) mass is 153 g/mol. The third kappa shape index (κ3) is 2.62. The number of nitrogen functional groups attached to an aromatic ring is 1. The van der Waals surface area contributed by atoms with Gasteiger partial charge < -0.3 is 10.7 Å². The molecule has 3 heteroatoms. The molecule has 0 spiro atoms. The van der Waals surface area contributed by atoms with E-state index in [-0.39, 0.29) is 0 Å². The second-order valence-electron chi connectivity index (χ2n) is 2.73. The molecule has 0 saturated heterocycles. The molecule has 0 atom stereocenters. The lowest BCUT2D eigenvalue weighted by molar-refractivity contribution is 0.699. The molecular weight excluding hydrogens is 138 g/mol. The number of nitrogens with two attached hydrogens (primary N) is 1. The number of hydrogen-bond donors (Lipinski definition) is 2. The summed E-state index contributed by atoms with van der Waals surface area (Å²) in [6.07, 6.45) is 6.46. The summed E-state index contributed by atoms with van der Waals surface area (Å²) < 4.78 is 0. The molecule has 1 heterocycles. The Hall–Kier alpha value is -0.990. The van der Waals surface area contributed by atoms with Crippen LogP contribution in [0.1, 0.15) is 32.0 Å². The van der Waals surface area contributed by atoms with E-state index in [0.717, 1.165) is 12.2 Å². The summed E-state index contributed by atoms with van der Waals surface area (Å²) in [4.78, 5) is 7.13. The van der Waals surface area contributed by atoms with Crippen molar-refractivity contribution in [3.05, 3.63) is 12.0 Å². The summed E-state index contributed by atoms with van der Waals surface area (Å²) in [5.74, 6) is 1.60. The lowest BCUT2D eigenvalue weighted by atomic mass is 10.2. The van der Waals surface area contributed by atoms with E-state index in [2.05, 4.69) is 16.9 Å². The number of aromatic nitrogens is 2. The molecule has 0 unspecified atom stereocenters. The highest BCUT2D eigenvalue weighted by atomic mass is 15.0. The van der Waals surface area contributed by atoms with Crippen molar-refractivity contribution < 1.29 is 0 Å². The molecule has 11 heavy (non-hydrogen) atoms. The Kier molecular flexibility index (Phi) is 2.95. The normalized spacial score (nSPS) is 10.3. The van der Waals surface area contributed by atoms with E-state index in [4.69, 9.17) is 5.73 Å². The molecule has 0 aromatic carbocycles. The van der Waals surface area contributed by atoms with Gasteiger partial charge in [0.25, 0.3) is 0 Å². The Balaban J connectivity index is 2.27. The first-order chi connectivity index (χ1) is 5.33. The number of nitrogens with zero attached hydrogens (tertiary/aromatic N) is 1. The van der Waals surface area contributed by atoms with Crippen LogP contribution < -0.4 is 5.73 Å². The molecule has 3 nitrogen and oxygen atoms in total. The Morgan fingerprint density at radius 1 is 1.55 bits per heavy atom. The van der Waals surface area contributed by atoms with E-state index >= 15 is 0 Å². The number of nitrogens with one attached hydrogen (secondary N) is 1. The second kappa shape index (κ2) is 4.01. The van der Waals surface area contributed by atoms with Crippen molar-refractivity contribution in [2.24, 2.45) is 0 Å². The molecule has 3 N–H and O–H groups in total. The molecule has 1 rings (SSSR count).